The van der Waals surface area contributed by atoms with E-state index in [4.69, 9.17) is 4.42 Å². The summed E-state index contributed by atoms with van der Waals surface area (Å²) in [5.41, 5.74) is 0.668. The molecule has 1 saturated heterocycles. The molecule has 1 unspecified atom stereocenters. The van der Waals surface area contributed by atoms with E-state index >= 15 is 0 Å². The molecule has 130 valence electrons. The van der Waals surface area contributed by atoms with Crippen molar-refractivity contribution in [1.82, 2.24) is 20.1 Å². The zero-order valence-electron chi connectivity index (χ0n) is 13.1. The number of hydrogen-bond acceptors (Lipinski definition) is 6. The van der Waals surface area contributed by atoms with E-state index in [0.717, 1.165) is 5.01 Å². The number of carbonyl (C=O) groups excluding carboxylic acids is 1. The number of rotatable bonds is 2. The summed E-state index contributed by atoms with van der Waals surface area (Å²) in [6.45, 7) is 4.40. The van der Waals surface area contributed by atoms with E-state index in [1.807, 2.05) is 6.92 Å². The van der Waals surface area contributed by atoms with E-state index in [9.17, 15) is 18.0 Å². The van der Waals surface area contributed by atoms with Crippen LogP contribution >= 0.6 is 11.3 Å². The third-order valence-corrected chi connectivity index (χ3v) is 4.90. The fourth-order valence-electron chi connectivity index (χ4n) is 2.75. The van der Waals surface area contributed by atoms with Crippen LogP contribution < -0.4 is 0 Å². The SMILES string of the molecule is Cc1nc(C)c(C(=O)N2CCCC(c3nnc(C(F)(F)F)o3)C2)s1. The highest BCUT2D eigenvalue weighted by atomic mass is 32.1. The number of amides is 1. The first-order valence-corrected chi connectivity index (χ1v) is 8.21. The van der Waals surface area contributed by atoms with Crippen molar-refractivity contribution in [2.24, 2.45) is 0 Å². The van der Waals surface area contributed by atoms with Crippen molar-refractivity contribution >= 4 is 17.2 Å². The Balaban J connectivity index is 1.76. The van der Waals surface area contributed by atoms with E-state index in [1.165, 1.54) is 11.3 Å². The van der Waals surface area contributed by atoms with Gasteiger partial charge in [0.2, 0.25) is 5.89 Å². The Labute approximate surface area is 139 Å². The Bertz CT molecular complexity index is 756. The molecule has 0 aromatic carbocycles. The van der Waals surface area contributed by atoms with E-state index in [0.29, 0.717) is 30.0 Å². The zero-order valence-corrected chi connectivity index (χ0v) is 13.9. The van der Waals surface area contributed by atoms with Crippen molar-refractivity contribution in [3.63, 3.8) is 0 Å². The van der Waals surface area contributed by atoms with Gasteiger partial charge in [0.1, 0.15) is 4.88 Å². The zero-order chi connectivity index (χ0) is 17.5. The van der Waals surface area contributed by atoms with Crippen LogP contribution in [-0.2, 0) is 6.18 Å². The molecule has 24 heavy (non-hydrogen) atoms. The lowest BCUT2D eigenvalue weighted by atomic mass is 9.98. The number of alkyl halides is 3. The standard InChI is InChI=1S/C14H15F3N4O2S/c1-7-10(24-8(2)18-7)12(22)21-5-3-4-9(6-21)11-19-20-13(23-11)14(15,16)17/h9H,3-6H2,1-2H3. The van der Waals surface area contributed by atoms with Gasteiger partial charge in [-0.15, -0.1) is 21.5 Å². The van der Waals surface area contributed by atoms with Gasteiger partial charge in [-0.3, -0.25) is 4.79 Å². The van der Waals surface area contributed by atoms with Gasteiger partial charge in [0.05, 0.1) is 16.6 Å². The van der Waals surface area contributed by atoms with Crippen LogP contribution in [0.1, 0.15) is 50.9 Å². The van der Waals surface area contributed by atoms with Crippen molar-refractivity contribution < 1.29 is 22.4 Å². The average molecular weight is 360 g/mol. The molecule has 1 amide bonds. The highest BCUT2D eigenvalue weighted by Crippen LogP contribution is 2.32. The minimum atomic E-state index is -4.66. The Morgan fingerprint density at radius 1 is 1.33 bits per heavy atom. The van der Waals surface area contributed by atoms with Gasteiger partial charge in [-0.2, -0.15) is 13.2 Å². The predicted molar refractivity (Wildman–Crippen MR) is 78.8 cm³/mol. The second-order valence-electron chi connectivity index (χ2n) is 5.68. The molecule has 1 fully saturated rings. The minimum absolute atomic E-state index is 0.0722. The number of likely N-dealkylation sites (tertiary alicyclic amines) is 1. The Morgan fingerprint density at radius 3 is 2.67 bits per heavy atom. The van der Waals surface area contributed by atoms with Gasteiger partial charge < -0.3 is 9.32 Å². The van der Waals surface area contributed by atoms with Gasteiger partial charge in [0.15, 0.2) is 0 Å². The number of aryl methyl sites for hydroxylation is 2. The van der Waals surface area contributed by atoms with Crippen LogP contribution in [0, 0.1) is 13.8 Å². The summed E-state index contributed by atoms with van der Waals surface area (Å²) < 4.78 is 42.5. The number of carbonyl (C=O) groups is 1. The third kappa shape index (κ3) is 3.28. The van der Waals surface area contributed by atoms with Crippen molar-refractivity contribution in [1.29, 1.82) is 0 Å². The summed E-state index contributed by atoms with van der Waals surface area (Å²) in [6.07, 6.45) is -3.40. The van der Waals surface area contributed by atoms with E-state index in [1.54, 1.807) is 11.8 Å². The number of thiazole rings is 1. The van der Waals surface area contributed by atoms with Gasteiger partial charge in [-0.25, -0.2) is 4.98 Å². The van der Waals surface area contributed by atoms with Crippen LogP contribution in [0.15, 0.2) is 4.42 Å². The molecule has 0 N–H and O–H groups in total. The number of hydrogen-bond donors (Lipinski definition) is 0. The molecule has 6 nitrogen and oxygen atoms in total. The van der Waals surface area contributed by atoms with Gasteiger partial charge in [-0.1, -0.05) is 0 Å². The second kappa shape index (κ2) is 6.15. The van der Waals surface area contributed by atoms with Gasteiger partial charge in [0.25, 0.3) is 5.91 Å². The Kier molecular flexibility index (Phi) is 4.33. The van der Waals surface area contributed by atoms with E-state index < -0.39 is 12.1 Å². The topological polar surface area (TPSA) is 72.1 Å². The molecular weight excluding hydrogens is 345 g/mol. The Morgan fingerprint density at radius 2 is 2.08 bits per heavy atom. The smallest absolute Gasteiger partial charge is 0.417 e. The molecule has 0 radical (unpaired) electrons. The quantitative estimate of drug-likeness (QED) is 0.822. The molecular formula is C14H15F3N4O2S. The maximum atomic E-state index is 12.6. The first-order valence-electron chi connectivity index (χ1n) is 7.39. The maximum Gasteiger partial charge on any atom is 0.470 e. The number of halogens is 3. The van der Waals surface area contributed by atoms with Gasteiger partial charge in [-0.05, 0) is 26.7 Å². The summed E-state index contributed by atoms with van der Waals surface area (Å²) in [6, 6.07) is 0. The Hall–Kier alpha value is -1.97. The molecule has 0 aliphatic carbocycles. The van der Waals surface area contributed by atoms with Crippen LogP contribution in [0.5, 0.6) is 0 Å². The minimum Gasteiger partial charge on any atom is -0.417 e. The summed E-state index contributed by atoms with van der Waals surface area (Å²) in [5.74, 6) is -1.97. The molecule has 3 heterocycles. The molecule has 1 atom stereocenters. The van der Waals surface area contributed by atoms with E-state index in [2.05, 4.69) is 15.2 Å². The predicted octanol–water partition coefficient (Wildman–Crippen LogP) is 3.18. The lowest BCUT2D eigenvalue weighted by Crippen LogP contribution is -2.39. The monoisotopic (exact) mass is 360 g/mol. The van der Waals surface area contributed by atoms with Crippen molar-refractivity contribution in [2.45, 2.75) is 38.8 Å². The largest absolute Gasteiger partial charge is 0.470 e. The molecule has 3 rings (SSSR count). The summed E-state index contributed by atoms with van der Waals surface area (Å²) in [4.78, 5) is 19.0. The third-order valence-electron chi connectivity index (χ3n) is 3.84. The highest BCUT2D eigenvalue weighted by molar-refractivity contribution is 7.13. The number of piperidine rings is 1. The summed E-state index contributed by atoms with van der Waals surface area (Å²) >= 11 is 1.32. The first-order chi connectivity index (χ1) is 11.3. The molecule has 2 aromatic heterocycles. The van der Waals surface area contributed by atoms with Crippen LogP contribution in [-0.4, -0.2) is 39.1 Å². The van der Waals surface area contributed by atoms with Crippen molar-refractivity contribution in [3.05, 3.63) is 27.4 Å². The molecule has 1 aliphatic heterocycles. The van der Waals surface area contributed by atoms with Gasteiger partial charge >= 0.3 is 12.1 Å². The van der Waals surface area contributed by atoms with Crippen LogP contribution in [0.2, 0.25) is 0 Å². The molecule has 10 heteroatoms. The lowest BCUT2D eigenvalue weighted by molar-refractivity contribution is -0.157. The fourth-order valence-corrected chi connectivity index (χ4v) is 3.64. The molecule has 0 spiro atoms. The first kappa shape index (κ1) is 16.9. The fraction of sp³-hybridized carbons (Fsp3) is 0.571. The van der Waals surface area contributed by atoms with Crippen molar-refractivity contribution in [3.8, 4) is 0 Å². The maximum absolute atomic E-state index is 12.6. The number of aromatic nitrogens is 3. The van der Waals surface area contributed by atoms with Gasteiger partial charge in [0, 0.05) is 13.1 Å². The highest BCUT2D eigenvalue weighted by Gasteiger charge is 2.39. The van der Waals surface area contributed by atoms with Crippen LogP contribution in [0.3, 0.4) is 0 Å². The van der Waals surface area contributed by atoms with Crippen molar-refractivity contribution in [2.75, 3.05) is 13.1 Å². The summed E-state index contributed by atoms with van der Waals surface area (Å²) in [7, 11) is 0. The second-order valence-corrected chi connectivity index (χ2v) is 6.88. The van der Waals surface area contributed by atoms with Crippen LogP contribution in [0.4, 0.5) is 13.2 Å². The molecule has 1 aliphatic rings. The molecule has 0 saturated carbocycles. The normalized spacial score (nSPS) is 18.9. The van der Waals surface area contributed by atoms with E-state index in [-0.39, 0.29) is 24.3 Å². The average Bonchev–Trinajstić information content (AvgIpc) is 3.13. The lowest BCUT2D eigenvalue weighted by Gasteiger charge is -2.30. The molecule has 0 bridgehead atoms. The molecule has 2 aromatic rings. The number of nitrogens with zero attached hydrogens (tertiary/aromatic N) is 4. The van der Waals surface area contributed by atoms with Crippen LogP contribution in [0.25, 0.3) is 0 Å². The summed E-state index contributed by atoms with van der Waals surface area (Å²) in [5, 5.41) is 7.37.